The number of ether oxygens (including phenoxy) is 2. The van der Waals surface area contributed by atoms with E-state index in [9.17, 15) is 8.78 Å². The Morgan fingerprint density at radius 1 is 1.16 bits per heavy atom. The predicted molar refractivity (Wildman–Crippen MR) is 67.2 cm³/mol. The van der Waals surface area contributed by atoms with Crippen LogP contribution < -0.4 is 14.8 Å². The van der Waals surface area contributed by atoms with Gasteiger partial charge in [-0.1, -0.05) is 0 Å². The van der Waals surface area contributed by atoms with E-state index in [1.54, 1.807) is 6.07 Å². The number of fused-ring (bicyclic) bond motifs is 1. The number of hydrogen-bond acceptors (Lipinski definition) is 3. The zero-order valence-corrected chi connectivity index (χ0v) is 10.6. The molecule has 1 fully saturated rings. The van der Waals surface area contributed by atoms with Crippen molar-refractivity contribution >= 4 is 0 Å². The molecular weight excluding hydrogens is 252 g/mol. The standard InChI is InChI=1S/C14H17F2NO2/c15-14(16)11-7-13-12(18-4-5-19-13)6-10(11)9-2-1-3-17-8-9/h6-7,9,14,17H,1-5,8H2. The summed E-state index contributed by atoms with van der Waals surface area (Å²) in [6.45, 7) is 2.60. The fourth-order valence-electron chi connectivity index (χ4n) is 2.78. The van der Waals surface area contributed by atoms with Crippen LogP contribution in [0.25, 0.3) is 0 Å². The average Bonchev–Trinajstić information content (AvgIpc) is 2.46. The first kappa shape index (κ1) is 12.7. The van der Waals surface area contributed by atoms with Crippen LogP contribution in [0.2, 0.25) is 0 Å². The molecule has 0 radical (unpaired) electrons. The van der Waals surface area contributed by atoms with Crippen LogP contribution in [-0.4, -0.2) is 26.3 Å². The third kappa shape index (κ3) is 2.52. The summed E-state index contributed by atoms with van der Waals surface area (Å²) in [7, 11) is 0. The molecule has 1 saturated heterocycles. The van der Waals surface area contributed by atoms with Gasteiger partial charge in [0.15, 0.2) is 11.5 Å². The van der Waals surface area contributed by atoms with Gasteiger partial charge in [0.05, 0.1) is 0 Å². The Hall–Kier alpha value is -1.36. The van der Waals surface area contributed by atoms with E-state index < -0.39 is 6.43 Å². The van der Waals surface area contributed by atoms with Crippen LogP contribution in [0.4, 0.5) is 8.78 Å². The van der Waals surface area contributed by atoms with Crippen molar-refractivity contribution in [2.45, 2.75) is 25.2 Å². The number of rotatable bonds is 2. The Kier molecular flexibility index (Phi) is 3.55. The number of alkyl halides is 2. The van der Waals surface area contributed by atoms with Crippen molar-refractivity contribution in [1.82, 2.24) is 5.32 Å². The molecule has 0 bridgehead atoms. The summed E-state index contributed by atoms with van der Waals surface area (Å²) >= 11 is 0. The SMILES string of the molecule is FC(F)c1cc2c(cc1C1CCCNC1)OCCO2. The van der Waals surface area contributed by atoms with E-state index in [1.807, 2.05) is 0 Å². The largest absolute Gasteiger partial charge is 0.486 e. The summed E-state index contributed by atoms with van der Waals surface area (Å²) in [4.78, 5) is 0. The third-order valence-corrected chi connectivity index (χ3v) is 3.72. The Morgan fingerprint density at radius 2 is 1.89 bits per heavy atom. The van der Waals surface area contributed by atoms with Gasteiger partial charge in [0.1, 0.15) is 13.2 Å². The fraction of sp³-hybridized carbons (Fsp3) is 0.571. The molecular formula is C14H17F2NO2. The minimum absolute atomic E-state index is 0.0814. The lowest BCUT2D eigenvalue weighted by atomic mass is 9.88. The molecule has 2 aliphatic heterocycles. The van der Waals surface area contributed by atoms with Gasteiger partial charge in [-0.3, -0.25) is 0 Å². The molecule has 3 nitrogen and oxygen atoms in total. The number of halogens is 2. The predicted octanol–water partition coefficient (Wildman–Crippen LogP) is 2.86. The summed E-state index contributed by atoms with van der Waals surface area (Å²) in [5.74, 6) is 1.17. The molecule has 1 atom stereocenters. The van der Waals surface area contributed by atoms with Crippen LogP contribution >= 0.6 is 0 Å². The molecule has 1 N–H and O–H groups in total. The summed E-state index contributed by atoms with van der Waals surface area (Å²) in [6.07, 6.45) is -0.526. The highest BCUT2D eigenvalue weighted by atomic mass is 19.3. The second kappa shape index (κ2) is 5.33. The second-order valence-corrected chi connectivity index (χ2v) is 4.97. The van der Waals surface area contributed by atoms with Gasteiger partial charge in [0.2, 0.25) is 0 Å². The summed E-state index contributed by atoms with van der Waals surface area (Å²) in [6, 6.07) is 3.19. The van der Waals surface area contributed by atoms with Crippen LogP contribution in [-0.2, 0) is 0 Å². The monoisotopic (exact) mass is 269 g/mol. The van der Waals surface area contributed by atoms with Gasteiger partial charge in [-0.25, -0.2) is 8.78 Å². The number of hydrogen-bond donors (Lipinski definition) is 1. The van der Waals surface area contributed by atoms with Gasteiger partial charge < -0.3 is 14.8 Å². The maximum absolute atomic E-state index is 13.2. The van der Waals surface area contributed by atoms with Gasteiger partial charge in [0.25, 0.3) is 6.43 Å². The first-order valence-corrected chi connectivity index (χ1v) is 6.68. The number of benzene rings is 1. The molecule has 0 spiro atoms. The van der Waals surface area contributed by atoms with Crippen molar-refractivity contribution in [1.29, 1.82) is 0 Å². The van der Waals surface area contributed by atoms with E-state index in [4.69, 9.17) is 9.47 Å². The molecule has 0 aliphatic carbocycles. The van der Waals surface area contributed by atoms with Crippen molar-refractivity contribution in [3.8, 4) is 11.5 Å². The third-order valence-electron chi connectivity index (χ3n) is 3.72. The molecule has 5 heteroatoms. The minimum atomic E-state index is -2.48. The summed E-state index contributed by atoms with van der Waals surface area (Å²) < 4.78 is 37.4. The van der Waals surface area contributed by atoms with Gasteiger partial charge in [-0.2, -0.15) is 0 Å². The number of nitrogens with one attached hydrogen (secondary N) is 1. The van der Waals surface area contributed by atoms with Crippen molar-refractivity contribution < 1.29 is 18.3 Å². The van der Waals surface area contributed by atoms with E-state index in [1.165, 1.54) is 6.07 Å². The maximum Gasteiger partial charge on any atom is 0.264 e. The number of piperidine rings is 1. The zero-order valence-electron chi connectivity index (χ0n) is 10.6. The van der Waals surface area contributed by atoms with E-state index in [-0.39, 0.29) is 11.5 Å². The molecule has 0 amide bonds. The normalized spacial score (nSPS) is 22.6. The lowest BCUT2D eigenvalue weighted by molar-refractivity contribution is 0.144. The molecule has 1 aromatic carbocycles. The Bertz CT molecular complexity index is 459. The highest BCUT2D eigenvalue weighted by Crippen LogP contribution is 2.40. The van der Waals surface area contributed by atoms with Crippen molar-refractivity contribution in [2.24, 2.45) is 0 Å². The fourth-order valence-corrected chi connectivity index (χ4v) is 2.78. The van der Waals surface area contributed by atoms with Crippen molar-refractivity contribution in [3.05, 3.63) is 23.3 Å². The van der Waals surface area contributed by atoms with Crippen LogP contribution in [0, 0.1) is 0 Å². The minimum Gasteiger partial charge on any atom is -0.486 e. The molecule has 1 unspecified atom stereocenters. The smallest absolute Gasteiger partial charge is 0.264 e. The van der Waals surface area contributed by atoms with E-state index in [0.29, 0.717) is 30.3 Å². The van der Waals surface area contributed by atoms with E-state index in [0.717, 1.165) is 25.9 Å². The topological polar surface area (TPSA) is 30.5 Å². The molecule has 1 aromatic rings. The molecule has 0 saturated carbocycles. The molecule has 2 heterocycles. The molecule has 0 aromatic heterocycles. The molecule has 19 heavy (non-hydrogen) atoms. The lowest BCUT2D eigenvalue weighted by Gasteiger charge is -2.27. The van der Waals surface area contributed by atoms with Crippen molar-refractivity contribution in [2.75, 3.05) is 26.3 Å². The van der Waals surface area contributed by atoms with E-state index >= 15 is 0 Å². The van der Waals surface area contributed by atoms with Crippen molar-refractivity contribution in [3.63, 3.8) is 0 Å². The van der Waals surface area contributed by atoms with Gasteiger partial charge >= 0.3 is 0 Å². The van der Waals surface area contributed by atoms with Crippen LogP contribution in [0.5, 0.6) is 11.5 Å². The first-order chi connectivity index (χ1) is 9.25. The maximum atomic E-state index is 13.2. The summed E-state index contributed by atoms with van der Waals surface area (Å²) in [5.41, 5.74) is 0.782. The summed E-state index contributed by atoms with van der Waals surface area (Å²) in [5, 5.41) is 3.26. The average molecular weight is 269 g/mol. The lowest BCUT2D eigenvalue weighted by Crippen LogP contribution is -2.29. The zero-order chi connectivity index (χ0) is 13.2. The van der Waals surface area contributed by atoms with Crippen LogP contribution in [0.15, 0.2) is 12.1 Å². The first-order valence-electron chi connectivity index (χ1n) is 6.68. The van der Waals surface area contributed by atoms with Gasteiger partial charge in [-0.15, -0.1) is 0 Å². The van der Waals surface area contributed by atoms with Gasteiger partial charge in [-0.05, 0) is 43.0 Å². The molecule has 104 valence electrons. The van der Waals surface area contributed by atoms with E-state index in [2.05, 4.69) is 5.32 Å². The second-order valence-electron chi connectivity index (χ2n) is 4.97. The Morgan fingerprint density at radius 3 is 2.53 bits per heavy atom. The highest BCUT2D eigenvalue weighted by molar-refractivity contribution is 5.50. The molecule has 3 rings (SSSR count). The molecule has 2 aliphatic rings. The Balaban J connectivity index is 2.00. The van der Waals surface area contributed by atoms with Crippen LogP contribution in [0.3, 0.4) is 0 Å². The Labute approximate surface area is 110 Å². The quantitative estimate of drug-likeness (QED) is 0.895. The highest BCUT2D eigenvalue weighted by Gasteiger charge is 2.26. The van der Waals surface area contributed by atoms with Gasteiger partial charge in [0, 0.05) is 12.1 Å². The van der Waals surface area contributed by atoms with Crippen LogP contribution in [0.1, 0.15) is 36.3 Å².